The Balaban J connectivity index is 1.64. The van der Waals surface area contributed by atoms with Gasteiger partial charge in [0.25, 0.3) is 5.91 Å². The van der Waals surface area contributed by atoms with Crippen LogP contribution in [0.25, 0.3) is 0 Å². The molecule has 3 N–H and O–H groups in total. The topological polar surface area (TPSA) is 64.3 Å². The highest BCUT2D eigenvalue weighted by atomic mass is 16.5. The largest absolute Gasteiger partial charge is 0.399 e. The third-order valence-corrected chi connectivity index (χ3v) is 3.67. The Morgan fingerprint density at radius 2 is 1.90 bits per heavy atom. The van der Waals surface area contributed by atoms with E-state index in [1.54, 1.807) is 0 Å². The van der Waals surface area contributed by atoms with E-state index in [0.717, 1.165) is 28.9 Å². The number of para-hydroxylation sites is 1. The number of anilines is 2. The van der Waals surface area contributed by atoms with Crippen LogP contribution in [-0.2, 0) is 22.6 Å². The van der Waals surface area contributed by atoms with Gasteiger partial charge in [0.05, 0.1) is 6.61 Å². The maximum absolute atomic E-state index is 12.2. The Morgan fingerprint density at radius 1 is 1.14 bits per heavy atom. The molecule has 0 aromatic heterocycles. The summed E-state index contributed by atoms with van der Waals surface area (Å²) in [5.41, 5.74) is 9.44. The van der Waals surface area contributed by atoms with Gasteiger partial charge in [0.1, 0.15) is 6.10 Å². The summed E-state index contributed by atoms with van der Waals surface area (Å²) >= 11 is 0. The lowest BCUT2D eigenvalue weighted by atomic mass is 10.1. The monoisotopic (exact) mass is 282 g/mol. The first-order chi connectivity index (χ1) is 10.2. The third kappa shape index (κ3) is 3.23. The molecule has 1 aliphatic heterocycles. The van der Waals surface area contributed by atoms with Crippen molar-refractivity contribution in [2.45, 2.75) is 25.6 Å². The van der Waals surface area contributed by atoms with Crippen molar-refractivity contribution in [3.63, 3.8) is 0 Å². The molecule has 0 fully saturated rings. The maximum atomic E-state index is 12.2. The van der Waals surface area contributed by atoms with E-state index in [2.05, 4.69) is 5.32 Å². The molecule has 0 spiro atoms. The molecule has 2 aromatic rings. The van der Waals surface area contributed by atoms with Crippen molar-refractivity contribution in [3.05, 3.63) is 59.7 Å². The van der Waals surface area contributed by atoms with Gasteiger partial charge in [-0.15, -0.1) is 0 Å². The summed E-state index contributed by atoms with van der Waals surface area (Å²) in [5, 5.41) is 2.93. The predicted molar refractivity (Wildman–Crippen MR) is 82.8 cm³/mol. The van der Waals surface area contributed by atoms with Crippen molar-refractivity contribution in [3.8, 4) is 0 Å². The average molecular weight is 282 g/mol. The minimum absolute atomic E-state index is 0.0737. The molecule has 1 atom stereocenters. The fourth-order valence-electron chi connectivity index (χ4n) is 2.46. The van der Waals surface area contributed by atoms with Gasteiger partial charge in [0.2, 0.25) is 0 Å². The van der Waals surface area contributed by atoms with Crippen molar-refractivity contribution in [1.29, 1.82) is 0 Å². The number of carbonyl (C=O) groups excluding carboxylic acids is 1. The highest BCUT2D eigenvalue weighted by molar-refractivity contribution is 5.95. The number of hydrogen-bond donors (Lipinski definition) is 2. The number of nitrogen functional groups attached to an aromatic ring is 1. The van der Waals surface area contributed by atoms with Gasteiger partial charge in [-0.25, -0.2) is 0 Å². The fraction of sp³-hybridized carbons (Fsp3) is 0.235. The second kappa shape index (κ2) is 5.97. The number of amides is 1. The van der Waals surface area contributed by atoms with Crippen molar-refractivity contribution in [2.24, 2.45) is 0 Å². The van der Waals surface area contributed by atoms with E-state index in [4.69, 9.17) is 10.5 Å². The van der Waals surface area contributed by atoms with E-state index >= 15 is 0 Å². The molecule has 4 heteroatoms. The van der Waals surface area contributed by atoms with Crippen molar-refractivity contribution in [2.75, 3.05) is 11.1 Å². The summed E-state index contributed by atoms with van der Waals surface area (Å²) < 4.78 is 5.78. The molecule has 2 aromatic carbocycles. The molecule has 3 rings (SSSR count). The molecule has 0 radical (unpaired) electrons. The first kappa shape index (κ1) is 13.6. The number of nitrogens with one attached hydrogen (secondary N) is 1. The van der Waals surface area contributed by atoms with Crippen molar-refractivity contribution < 1.29 is 9.53 Å². The van der Waals surface area contributed by atoms with E-state index in [1.807, 2.05) is 48.5 Å². The van der Waals surface area contributed by atoms with E-state index in [0.29, 0.717) is 13.0 Å². The van der Waals surface area contributed by atoms with Crippen LogP contribution in [0.4, 0.5) is 11.4 Å². The number of ether oxygens (including phenoxy) is 1. The van der Waals surface area contributed by atoms with Crippen molar-refractivity contribution >= 4 is 17.3 Å². The van der Waals surface area contributed by atoms with Gasteiger partial charge in [0, 0.05) is 11.4 Å². The highest BCUT2D eigenvalue weighted by Crippen LogP contribution is 2.23. The molecule has 1 heterocycles. The molecule has 21 heavy (non-hydrogen) atoms. The minimum Gasteiger partial charge on any atom is -0.399 e. The Bertz CT molecular complexity index is 637. The minimum atomic E-state index is -0.421. The maximum Gasteiger partial charge on any atom is 0.253 e. The first-order valence-electron chi connectivity index (χ1n) is 7.07. The molecule has 1 amide bonds. The molecular weight excluding hydrogens is 264 g/mol. The number of fused-ring (bicyclic) bond motifs is 1. The summed E-state index contributed by atoms with van der Waals surface area (Å²) in [6, 6.07) is 15.4. The lowest BCUT2D eigenvalue weighted by Gasteiger charge is -2.14. The number of aryl methyl sites for hydroxylation is 1. The summed E-state index contributed by atoms with van der Waals surface area (Å²) in [6.45, 7) is 0.411. The zero-order chi connectivity index (χ0) is 14.7. The van der Waals surface area contributed by atoms with Gasteiger partial charge in [-0.3, -0.25) is 4.79 Å². The SMILES string of the molecule is Nc1ccc(COC2CCc3ccccc3NC2=O)cc1. The second-order valence-electron chi connectivity index (χ2n) is 5.23. The Kier molecular flexibility index (Phi) is 3.88. The second-order valence-corrected chi connectivity index (χ2v) is 5.23. The first-order valence-corrected chi connectivity index (χ1v) is 7.07. The van der Waals surface area contributed by atoms with Crippen LogP contribution in [0.5, 0.6) is 0 Å². The summed E-state index contributed by atoms with van der Waals surface area (Å²) in [6.07, 6.45) is 1.11. The van der Waals surface area contributed by atoms with Crippen LogP contribution in [0.15, 0.2) is 48.5 Å². The van der Waals surface area contributed by atoms with E-state index in [1.165, 1.54) is 0 Å². The van der Waals surface area contributed by atoms with Gasteiger partial charge < -0.3 is 15.8 Å². The third-order valence-electron chi connectivity index (χ3n) is 3.67. The van der Waals surface area contributed by atoms with Gasteiger partial charge in [-0.05, 0) is 42.2 Å². The van der Waals surface area contributed by atoms with Crippen LogP contribution in [-0.4, -0.2) is 12.0 Å². The number of nitrogens with two attached hydrogens (primary N) is 1. The molecule has 0 saturated carbocycles. The van der Waals surface area contributed by atoms with Crippen LogP contribution in [0.2, 0.25) is 0 Å². The van der Waals surface area contributed by atoms with Gasteiger partial charge >= 0.3 is 0 Å². The standard InChI is InChI=1S/C17H18N2O2/c18-14-8-5-12(6-9-14)11-21-16-10-7-13-3-1-2-4-15(13)19-17(16)20/h1-6,8-9,16H,7,10-11,18H2,(H,19,20). The summed E-state index contributed by atoms with van der Waals surface area (Å²) in [4.78, 5) is 12.2. The van der Waals surface area contributed by atoms with Crippen molar-refractivity contribution in [1.82, 2.24) is 0 Å². The molecule has 0 aliphatic carbocycles. The zero-order valence-corrected chi connectivity index (χ0v) is 11.7. The lowest BCUT2D eigenvalue weighted by molar-refractivity contribution is -0.128. The normalized spacial score (nSPS) is 17.7. The molecule has 1 aliphatic rings. The number of benzene rings is 2. The molecule has 0 bridgehead atoms. The quantitative estimate of drug-likeness (QED) is 0.851. The molecule has 4 nitrogen and oxygen atoms in total. The van der Waals surface area contributed by atoms with Crippen LogP contribution < -0.4 is 11.1 Å². The summed E-state index contributed by atoms with van der Waals surface area (Å²) in [5.74, 6) is -0.0737. The van der Waals surface area contributed by atoms with Crippen LogP contribution in [0.3, 0.4) is 0 Å². The Labute approximate surface area is 123 Å². The van der Waals surface area contributed by atoms with E-state index < -0.39 is 6.10 Å². The van der Waals surface area contributed by atoms with Crippen LogP contribution in [0, 0.1) is 0 Å². The smallest absolute Gasteiger partial charge is 0.253 e. The zero-order valence-electron chi connectivity index (χ0n) is 11.7. The average Bonchev–Trinajstić information content (AvgIpc) is 2.65. The summed E-state index contributed by atoms with van der Waals surface area (Å²) in [7, 11) is 0. The van der Waals surface area contributed by atoms with Crippen LogP contribution in [0.1, 0.15) is 17.5 Å². The van der Waals surface area contributed by atoms with E-state index in [9.17, 15) is 4.79 Å². The van der Waals surface area contributed by atoms with E-state index in [-0.39, 0.29) is 5.91 Å². The van der Waals surface area contributed by atoms with Gasteiger partial charge in [-0.2, -0.15) is 0 Å². The van der Waals surface area contributed by atoms with Gasteiger partial charge in [-0.1, -0.05) is 30.3 Å². The Morgan fingerprint density at radius 3 is 2.71 bits per heavy atom. The number of rotatable bonds is 3. The molecule has 108 valence electrons. The molecule has 0 saturated heterocycles. The lowest BCUT2D eigenvalue weighted by Crippen LogP contribution is -2.29. The number of carbonyl (C=O) groups is 1. The molecule has 1 unspecified atom stereocenters. The Hall–Kier alpha value is -2.33. The number of hydrogen-bond acceptors (Lipinski definition) is 3. The highest BCUT2D eigenvalue weighted by Gasteiger charge is 2.23. The molecular formula is C17H18N2O2. The van der Waals surface area contributed by atoms with Crippen LogP contribution >= 0.6 is 0 Å². The van der Waals surface area contributed by atoms with Gasteiger partial charge in [0.15, 0.2) is 0 Å². The predicted octanol–water partition coefficient (Wildman–Crippen LogP) is 2.74. The fourth-order valence-corrected chi connectivity index (χ4v) is 2.46.